The highest BCUT2D eigenvalue weighted by Gasteiger charge is 2.33. The Bertz CT molecular complexity index is 1420. The van der Waals surface area contributed by atoms with E-state index in [2.05, 4.69) is 5.32 Å². The molecule has 0 radical (unpaired) electrons. The molecule has 1 heterocycles. The zero-order valence-electron chi connectivity index (χ0n) is 22.3. The van der Waals surface area contributed by atoms with E-state index in [0.717, 1.165) is 28.1 Å². The standard InChI is InChI=1S/C30H30N2O5S2/c1-5-35-24-12-10-23(11-13-24)32-29(34)27(39-30(32)38)17-21-8-14-25(26(16-21)36-6-2)37-18-28(33)31-22-9-7-19(3)20(4)15-22/h7-17H,5-6,18H2,1-4H3,(H,31,33)/b27-17-. The maximum absolute atomic E-state index is 13.2. The molecule has 0 spiro atoms. The molecule has 1 saturated heterocycles. The van der Waals surface area contributed by atoms with Gasteiger partial charge in [0.25, 0.3) is 11.8 Å². The number of thioether (sulfide) groups is 1. The number of hydrogen-bond acceptors (Lipinski definition) is 7. The third-order valence-electron chi connectivity index (χ3n) is 5.91. The quantitative estimate of drug-likeness (QED) is 0.223. The number of nitrogens with one attached hydrogen (secondary N) is 1. The molecule has 0 aliphatic carbocycles. The lowest BCUT2D eigenvalue weighted by atomic mass is 10.1. The minimum absolute atomic E-state index is 0.174. The second-order valence-corrected chi connectivity index (χ2v) is 10.4. The van der Waals surface area contributed by atoms with Crippen molar-refractivity contribution in [2.24, 2.45) is 0 Å². The lowest BCUT2D eigenvalue weighted by Gasteiger charge is -2.15. The van der Waals surface area contributed by atoms with Crippen LogP contribution in [0.1, 0.15) is 30.5 Å². The number of carbonyl (C=O) groups excluding carboxylic acids is 2. The lowest BCUT2D eigenvalue weighted by molar-refractivity contribution is -0.118. The molecule has 3 aromatic carbocycles. The highest BCUT2D eigenvalue weighted by molar-refractivity contribution is 8.27. The Morgan fingerprint density at radius 3 is 2.36 bits per heavy atom. The molecule has 9 heteroatoms. The van der Waals surface area contributed by atoms with E-state index in [4.69, 9.17) is 26.4 Å². The number of benzene rings is 3. The first kappa shape index (κ1) is 28.2. The highest BCUT2D eigenvalue weighted by atomic mass is 32.2. The summed E-state index contributed by atoms with van der Waals surface area (Å²) in [5, 5.41) is 2.85. The minimum Gasteiger partial charge on any atom is -0.494 e. The number of aryl methyl sites for hydroxylation is 2. The molecule has 4 rings (SSSR count). The van der Waals surface area contributed by atoms with E-state index >= 15 is 0 Å². The Kier molecular flexibility index (Phi) is 9.27. The fourth-order valence-corrected chi connectivity index (χ4v) is 5.16. The van der Waals surface area contributed by atoms with Crippen molar-refractivity contribution in [2.45, 2.75) is 27.7 Å². The molecule has 1 aliphatic heterocycles. The van der Waals surface area contributed by atoms with Gasteiger partial charge in [-0.15, -0.1) is 0 Å². The number of hydrogen-bond donors (Lipinski definition) is 1. The summed E-state index contributed by atoms with van der Waals surface area (Å²) in [6.07, 6.45) is 1.77. The van der Waals surface area contributed by atoms with Crippen LogP contribution >= 0.6 is 24.0 Å². The monoisotopic (exact) mass is 562 g/mol. The third kappa shape index (κ3) is 6.99. The summed E-state index contributed by atoms with van der Waals surface area (Å²) in [7, 11) is 0. The molecule has 0 unspecified atom stereocenters. The number of anilines is 2. The molecule has 7 nitrogen and oxygen atoms in total. The second-order valence-electron chi connectivity index (χ2n) is 8.72. The lowest BCUT2D eigenvalue weighted by Crippen LogP contribution is -2.27. The van der Waals surface area contributed by atoms with Crippen molar-refractivity contribution in [1.82, 2.24) is 0 Å². The predicted molar refractivity (Wildman–Crippen MR) is 161 cm³/mol. The van der Waals surface area contributed by atoms with Crippen molar-refractivity contribution in [1.29, 1.82) is 0 Å². The third-order valence-corrected chi connectivity index (χ3v) is 7.22. The van der Waals surface area contributed by atoms with E-state index in [1.807, 2.05) is 76.2 Å². The van der Waals surface area contributed by atoms with Crippen LogP contribution in [0.25, 0.3) is 6.08 Å². The second kappa shape index (κ2) is 12.8. The van der Waals surface area contributed by atoms with Crippen LogP contribution < -0.4 is 24.4 Å². The maximum Gasteiger partial charge on any atom is 0.270 e. The van der Waals surface area contributed by atoms with Crippen molar-refractivity contribution in [3.8, 4) is 17.2 Å². The fraction of sp³-hybridized carbons (Fsp3) is 0.233. The van der Waals surface area contributed by atoms with Gasteiger partial charge in [-0.2, -0.15) is 0 Å². The van der Waals surface area contributed by atoms with Gasteiger partial charge in [-0.05, 0) is 99.0 Å². The predicted octanol–water partition coefficient (Wildman–Crippen LogP) is 6.52. The van der Waals surface area contributed by atoms with Gasteiger partial charge in [0.2, 0.25) is 0 Å². The SMILES string of the molecule is CCOc1ccc(N2C(=O)/C(=C/c3ccc(OCC(=O)Nc4ccc(C)c(C)c4)c(OCC)c3)SC2=S)cc1. The van der Waals surface area contributed by atoms with E-state index in [1.54, 1.807) is 18.2 Å². The first-order chi connectivity index (χ1) is 18.8. The molecular formula is C30H30N2O5S2. The highest BCUT2D eigenvalue weighted by Crippen LogP contribution is 2.37. The van der Waals surface area contributed by atoms with E-state index in [1.165, 1.54) is 16.7 Å². The number of ether oxygens (including phenoxy) is 3. The van der Waals surface area contributed by atoms with Gasteiger partial charge in [-0.1, -0.05) is 36.1 Å². The summed E-state index contributed by atoms with van der Waals surface area (Å²) < 4.78 is 17.5. The molecule has 202 valence electrons. The largest absolute Gasteiger partial charge is 0.494 e. The summed E-state index contributed by atoms with van der Waals surface area (Å²) in [5.74, 6) is 1.17. The number of rotatable bonds is 10. The average Bonchev–Trinajstić information content (AvgIpc) is 3.19. The Morgan fingerprint density at radius 2 is 1.67 bits per heavy atom. The Morgan fingerprint density at radius 1 is 0.923 bits per heavy atom. The van der Waals surface area contributed by atoms with Gasteiger partial charge < -0.3 is 19.5 Å². The summed E-state index contributed by atoms with van der Waals surface area (Å²) >= 11 is 6.74. The Labute approximate surface area is 238 Å². The van der Waals surface area contributed by atoms with Crippen LogP contribution in [-0.4, -0.2) is 36.0 Å². The van der Waals surface area contributed by atoms with Crippen LogP contribution in [0.5, 0.6) is 17.2 Å². The molecule has 3 aromatic rings. The van der Waals surface area contributed by atoms with Crippen molar-refractivity contribution in [2.75, 3.05) is 30.0 Å². The van der Waals surface area contributed by atoms with Crippen LogP contribution in [-0.2, 0) is 9.59 Å². The van der Waals surface area contributed by atoms with Crippen LogP contribution in [0, 0.1) is 13.8 Å². The number of thiocarbonyl (C=S) groups is 1. The van der Waals surface area contributed by atoms with Gasteiger partial charge in [-0.25, -0.2) is 0 Å². The normalized spacial score (nSPS) is 14.1. The van der Waals surface area contributed by atoms with Crippen molar-refractivity contribution >= 4 is 57.6 Å². The van der Waals surface area contributed by atoms with Crippen LogP contribution in [0.4, 0.5) is 11.4 Å². The number of carbonyl (C=O) groups is 2. The minimum atomic E-state index is -0.275. The molecule has 0 saturated carbocycles. The van der Waals surface area contributed by atoms with Crippen LogP contribution in [0.3, 0.4) is 0 Å². The van der Waals surface area contributed by atoms with Gasteiger partial charge in [0.15, 0.2) is 22.4 Å². The van der Waals surface area contributed by atoms with Gasteiger partial charge >= 0.3 is 0 Å². The summed E-state index contributed by atoms with van der Waals surface area (Å²) in [6, 6.07) is 18.3. The average molecular weight is 563 g/mol. The van der Waals surface area contributed by atoms with Gasteiger partial charge in [-0.3, -0.25) is 14.5 Å². The molecule has 39 heavy (non-hydrogen) atoms. The molecule has 1 aliphatic rings. The molecule has 1 N–H and O–H groups in total. The molecule has 0 atom stereocenters. The summed E-state index contributed by atoms with van der Waals surface area (Å²) in [6.45, 7) is 8.60. The van der Waals surface area contributed by atoms with E-state index in [9.17, 15) is 9.59 Å². The molecule has 1 fully saturated rings. The first-order valence-corrected chi connectivity index (χ1v) is 13.8. The molecular weight excluding hydrogens is 532 g/mol. The van der Waals surface area contributed by atoms with Crippen molar-refractivity contribution in [3.63, 3.8) is 0 Å². The Hall–Kier alpha value is -3.82. The maximum atomic E-state index is 13.2. The summed E-state index contributed by atoms with van der Waals surface area (Å²) in [5.41, 5.74) is 4.40. The van der Waals surface area contributed by atoms with Gasteiger partial charge in [0.1, 0.15) is 5.75 Å². The van der Waals surface area contributed by atoms with Crippen LogP contribution in [0.15, 0.2) is 65.6 Å². The fourth-order valence-electron chi connectivity index (χ4n) is 3.86. The van der Waals surface area contributed by atoms with Crippen LogP contribution in [0.2, 0.25) is 0 Å². The topological polar surface area (TPSA) is 77.1 Å². The van der Waals surface area contributed by atoms with E-state index in [0.29, 0.717) is 39.6 Å². The van der Waals surface area contributed by atoms with Crippen molar-refractivity contribution in [3.05, 3.63) is 82.3 Å². The number of amides is 2. The first-order valence-electron chi connectivity index (χ1n) is 12.6. The molecule has 2 amide bonds. The summed E-state index contributed by atoms with van der Waals surface area (Å²) in [4.78, 5) is 27.7. The molecule has 0 aromatic heterocycles. The molecule has 0 bridgehead atoms. The van der Waals surface area contributed by atoms with E-state index in [-0.39, 0.29) is 18.4 Å². The Balaban J connectivity index is 1.45. The number of nitrogens with zero attached hydrogens (tertiary/aromatic N) is 1. The van der Waals surface area contributed by atoms with Gasteiger partial charge in [0.05, 0.1) is 23.8 Å². The zero-order chi connectivity index (χ0) is 27.9. The van der Waals surface area contributed by atoms with E-state index < -0.39 is 0 Å². The zero-order valence-corrected chi connectivity index (χ0v) is 23.9. The van der Waals surface area contributed by atoms with Gasteiger partial charge in [0, 0.05) is 5.69 Å². The van der Waals surface area contributed by atoms with Crippen molar-refractivity contribution < 1.29 is 23.8 Å². The smallest absolute Gasteiger partial charge is 0.270 e.